The first-order valence-corrected chi connectivity index (χ1v) is 8.68. The van der Waals surface area contributed by atoms with Gasteiger partial charge in [0.25, 0.3) is 0 Å². The van der Waals surface area contributed by atoms with Gasteiger partial charge in [-0.3, -0.25) is 4.98 Å². The van der Waals surface area contributed by atoms with Crippen molar-refractivity contribution in [3.05, 3.63) is 30.1 Å². The van der Waals surface area contributed by atoms with Crippen LogP contribution in [-0.4, -0.2) is 16.3 Å². The van der Waals surface area contributed by atoms with E-state index in [1.807, 2.05) is 25.1 Å². The first kappa shape index (κ1) is 15.4. The Balaban J connectivity index is 0. The summed E-state index contributed by atoms with van der Waals surface area (Å²) in [7, 11) is 4.38. The Hall–Kier alpha value is -0.0317. The molecule has 1 heterocycles. The fourth-order valence-electron chi connectivity index (χ4n) is 0.448. The summed E-state index contributed by atoms with van der Waals surface area (Å²) in [5.74, 6) is 0. The van der Waals surface area contributed by atoms with Crippen molar-refractivity contribution in [1.82, 2.24) is 11.1 Å². The second-order valence-corrected chi connectivity index (χ2v) is 6.96. The topological polar surface area (TPSA) is 109 Å². The molecule has 1 aromatic rings. The molecule has 82 valence electrons. The summed E-state index contributed by atoms with van der Waals surface area (Å²) in [4.78, 5) is 3.98. The Morgan fingerprint density at radius 3 is 1.92 bits per heavy atom. The van der Waals surface area contributed by atoms with E-state index in [0.29, 0.717) is 0 Å². The van der Waals surface area contributed by atoms with Gasteiger partial charge in [0.15, 0.2) is 0 Å². The molecule has 0 saturated carbocycles. The molecule has 0 aliphatic heterocycles. The van der Waals surface area contributed by atoms with E-state index in [1.165, 1.54) is 0 Å². The van der Waals surface area contributed by atoms with E-state index >= 15 is 0 Å². The van der Waals surface area contributed by atoms with Gasteiger partial charge < -0.3 is 6.15 Å². The number of hydrogen-bond acceptors (Lipinski definition) is 5. The number of rotatable bonds is 0. The number of aromatic nitrogens is 1. The molecule has 0 spiro atoms. The van der Waals surface area contributed by atoms with Crippen molar-refractivity contribution < 1.29 is 27.4 Å². The van der Waals surface area contributed by atoms with Crippen LogP contribution in [0.5, 0.6) is 0 Å². The minimum absolute atomic E-state index is 0. The molecule has 1 aromatic heterocycles. The third kappa shape index (κ3) is 18.7. The quantitative estimate of drug-likeness (QED) is 0.517. The Labute approximate surface area is 85.1 Å². The third-order valence-corrected chi connectivity index (χ3v) is 0.813. The molecule has 0 saturated heterocycles. The van der Waals surface area contributed by atoms with Crippen LogP contribution in [0.2, 0.25) is 0 Å². The van der Waals surface area contributed by atoms with Gasteiger partial charge in [-0.25, -0.2) is 0 Å². The van der Waals surface area contributed by atoms with E-state index < -0.39 is 16.2 Å². The number of aryl methyl sites for hydroxylation is 1. The SMILES string of the molecule is Cc1ccccn1.N.[OH][Pt]([OH])([OH])[Cl]. The van der Waals surface area contributed by atoms with Crippen LogP contribution in [0.4, 0.5) is 0 Å². The Morgan fingerprint density at radius 2 is 1.77 bits per heavy atom. The Bertz CT molecular complexity index is 211. The van der Waals surface area contributed by atoms with Crippen LogP contribution in [0.15, 0.2) is 24.4 Å². The predicted molar refractivity (Wildman–Crippen MR) is 46.5 cm³/mol. The number of nitrogens with zero attached hydrogens (tertiary/aromatic N) is 1. The number of pyridine rings is 1. The molecule has 0 atom stereocenters. The molecular formula is C6H13ClN2O3Pt. The zero-order chi connectivity index (χ0) is 9.61. The number of halogens is 1. The van der Waals surface area contributed by atoms with Crippen LogP contribution >= 0.6 is 9.42 Å². The third-order valence-electron chi connectivity index (χ3n) is 0.813. The van der Waals surface area contributed by atoms with Crippen molar-refractivity contribution in [2.45, 2.75) is 6.92 Å². The van der Waals surface area contributed by atoms with Crippen molar-refractivity contribution in [1.29, 1.82) is 0 Å². The Kier molecular flexibility index (Phi) is 8.76. The van der Waals surface area contributed by atoms with Gasteiger partial charge in [-0.2, -0.15) is 0 Å². The van der Waals surface area contributed by atoms with Gasteiger partial charge in [-0.05, 0) is 19.1 Å². The first-order chi connectivity index (χ1) is 5.39. The van der Waals surface area contributed by atoms with E-state index in [2.05, 4.69) is 14.4 Å². The van der Waals surface area contributed by atoms with Crippen molar-refractivity contribution in [2.24, 2.45) is 0 Å². The Morgan fingerprint density at radius 1 is 1.31 bits per heavy atom. The second-order valence-electron chi connectivity index (χ2n) is 1.82. The van der Waals surface area contributed by atoms with E-state index in [-0.39, 0.29) is 6.15 Å². The van der Waals surface area contributed by atoms with Crippen LogP contribution < -0.4 is 6.15 Å². The zero-order valence-electron chi connectivity index (χ0n) is 7.00. The van der Waals surface area contributed by atoms with Gasteiger partial charge in [0, 0.05) is 11.9 Å². The van der Waals surface area contributed by atoms with Gasteiger partial charge in [-0.15, -0.1) is 0 Å². The van der Waals surface area contributed by atoms with Crippen molar-refractivity contribution in [3.63, 3.8) is 0 Å². The van der Waals surface area contributed by atoms with E-state index in [9.17, 15) is 0 Å². The molecule has 6 N–H and O–H groups in total. The fourth-order valence-corrected chi connectivity index (χ4v) is 0.448. The maximum atomic E-state index is 7.58. The van der Waals surface area contributed by atoms with E-state index in [4.69, 9.17) is 11.3 Å². The average molecular weight is 392 g/mol. The molecule has 0 aromatic carbocycles. The molecule has 0 unspecified atom stereocenters. The van der Waals surface area contributed by atoms with Gasteiger partial charge in [-0.1, -0.05) is 6.07 Å². The molecule has 0 aliphatic rings. The molecule has 0 aliphatic carbocycles. The van der Waals surface area contributed by atoms with Gasteiger partial charge >= 0.3 is 36.9 Å². The molecule has 7 heteroatoms. The molecule has 0 radical (unpaired) electrons. The van der Waals surface area contributed by atoms with Gasteiger partial charge in [0.05, 0.1) is 0 Å². The van der Waals surface area contributed by atoms with Gasteiger partial charge in [0.2, 0.25) is 0 Å². The number of hydrogen-bond donors (Lipinski definition) is 4. The minimum atomic E-state index is -4.47. The standard InChI is InChI=1S/C6H7N.ClH.H3N.3H2O.Pt/c1-6-4-2-3-5-7-6;;;;;;/h2-5H,1H3;1H;1H3;3*1H2;/q;;;;;;+4/p-4. The maximum absolute atomic E-state index is 7.58. The summed E-state index contributed by atoms with van der Waals surface area (Å²) in [5.41, 5.74) is 1.07. The van der Waals surface area contributed by atoms with E-state index in [1.54, 1.807) is 6.20 Å². The summed E-state index contributed by atoms with van der Waals surface area (Å²) in [6.45, 7) is 1.97. The average Bonchev–Trinajstić information content (AvgIpc) is 1.85. The zero-order valence-corrected chi connectivity index (χ0v) is 10.0. The summed E-state index contributed by atoms with van der Waals surface area (Å²) < 4.78 is 22.7. The molecule has 5 nitrogen and oxygen atoms in total. The van der Waals surface area contributed by atoms with Crippen molar-refractivity contribution in [3.8, 4) is 0 Å². The van der Waals surface area contributed by atoms with Crippen LogP contribution in [-0.2, 0) is 16.2 Å². The molecule has 1 rings (SSSR count). The van der Waals surface area contributed by atoms with Gasteiger partial charge in [0.1, 0.15) is 0 Å². The van der Waals surface area contributed by atoms with Crippen LogP contribution in [0.3, 0.4) is 0 Å². The molecule has 0 amide bonds. The molecular weight excluding hydrogens is 379 g/mol. The van der Waals surface area contributed by atoms with Crippen LogP contribution in [0.1, 0.15) is 5.69 Å². The monoisotopic (exact) mass is 391 g/mol. The summed E-state index contributed by atoms with van der Waals surface area (Å²) >= 11 is -4.47. The summed E-state index contributed by atoms with van der Waals surface area (Å²) in [5, 5.41) is 0. The van der Waals surface area contributed by atoms with Crippen molar-refractivity contribution >= 4 is 9.42 Å². The summed E-state index contributed by atoms with van der Waals surface area (Å²) in [6, 6.07) is 5.86. The van der Waals surface area contributed by atoms with Crippen LogP contribution in [0, 0.1) is 6.92 Å². The van der Waals surface area contributed by atoms with E-state index in [0.717, 1.165) is 5.69 Å². The molecule has 13 heavy (non-hydrogen) atoms. The molecule has 0 fully saturated rings. The summed E-state index contributed by atoms with van der Waals surface area (Å²) in [6.07, 6.45) is 1.79. The first-order valence-electron chi connectivity index (χ1n) is 2.81. The second kappa shape index (κ2) is 7.38. The normalized spacial score (nSPS) is 10.5. The van der Waals surface area contributed by atoms with Crippen molar-refractivity contribution in [2.75, 3.05) is 0 Å². The van der Waals surface area contributed by atoms with Crippen LogP contribution in [0.25, 0.3) is 0 Å². The predicted octanol–water partition coefficient (Wildman–Crippen LogP) is 0.568. The fraction of sp³-hybridized carbons (Fsp3) is 0.167. The molecule has 0 bridgehead atoms.